The van der Waals surface area contributed by atoms with Crippen molar-refractivity contribution in [3.8, 4) is 11.7 Å². The lowest BCUT2D eigenvalue weighted by atomic mass is 10.3. The summed E-state index contributed by atoms with van der Waals surface area (Å²) in [5, 5.41) is 9.45. The number of ether oxygens (including phenoxy) is 1. The smallest absolute Gasteiger partial charge is 0.371 e. The van der Waals surface area contributed by atoms with E-state index >= 15 is 0 Å². The SMILES string of the molecule is O=C(O)c1ccc(Oc2ccc(Cl)cc2Cl)o1. The van der Waals surface area contributed by atoms with Crippen molar-refractivity contribution < 1.29 is 19.1 Å². The van der Waals surface area contributed by atoms with Gasteiger partial charge in [0.1, 0.15) is 5.75 Å². The summed E-state index contributed by atoms with van der Waals surface area (Å²) in [6.07, 6.45) is 0. The molecule has 0 atom stereocenters. The van der Waals surface area contributed by atoms with E-state index in [1.807, 2.05) is 0 Å². The Morgan fingerprint density at radius 1 is 1.24 bits per heavy atom. The van der Waals surface area contributed by atoms with Crippen molar-refractivity contribution in [3.05, 3.63) is 46.1 Å². The lowest BCUT2D eigenvalue weighted by Crippen LogP contribution is -1.91. The second-order valence-electron chi connectivity index (χ2n) is 3.10. The number of carboxylic acids is 1. The molecule has 0 amide bonds. The van der Waals surface area contributed by atoms with Gasteiger partial charge in [0.2, 0.25) is 5.76 Å². The maximum Gasteiger partial charge on any atom is 0.371 e. The van der Waals surface area contributed by atoms with Crippen LogP contribution >= 0.6 is 23.2 Å². The monoisotopic (exact) mass is 272 g/mol. The van der Waals surface area contributed by atoms with Gasteiger partial charge in [-0.2, -0.15) is 0 Å². The Bertz CT molecular complexity index is 562. The fourth-order valence-corrected chi connectivity index (χ4v) is 1.60. The molecule has 1 aromatic carbocycles. The van der Waals surface area contributed by atoms with Gasteiger partial charge in [-0.05, 0) is 24.3 Å². The molecule has 0 saturated heterocycles. The Hall–Kier alpha value is -1.65. The number of furan rings is 1. The number of carboxylic acid groups (broad SMARTS) is 1. The summed E-state index contributed by atoms with van der Waals surface area (Å²) in [5.41, 5.74) is 0. The predicted octanol–water partition coefficient (Wildman–Crippen LogP) is 4.08. The van der Waals surface area contributed by atoms with Crippen LogP contribution in [0.1, 0.15) is 10.6 Å². The number of rotatable bonds is 3. The van der Waals surface area contributed by atoms with Crippen molar-refractivity contribution in [2.75, 3.05) is 0 Å². The van der Waals surface area contributed by atoms with Gasteiger partial charge in [-0.1, -0.05) is 23.2 Å². The minimum Gasteiger partial charge on any atom is -0.475 e. The Morgan fingerprint density at radius 2 is 2.00 bits per heavy atom. The average molecular weight is 273 g/mol. The van der Waals surface area contributed by atoms with E-state index in [4.69, 9.17) is 37.5 Å². The fraction of sp³-hybridized carbons (Fsp3) is 0. The Balaban J connectivity index is 2.22. The molecule has 6 heteroatoms. The molecule has 0 unspecified atom stereocenters. The van der Waals surface area contributed by atoms with Gasteiger partial charge in [-0.15, -0.1) is 0 Å². The van der Waals surface area contributed by atoms with Crippen LogP contribution in [0.3, 0.4) is 0 Å². The Kier molecular flexibility index (Phi) is 3.26. The highest BCUT2D eigenvalue weighted by molar-refractivity contribution is 6.35. The maximum absolute atomic E-state index is 10.6. The first-order valence-corrected chi connectivity index (χ1v) is 5.28. The van der Waals surface area contributed by atoms with Gasteiger partial charge in [0.05, 0.1) is 5.02 Å². The molecule has 0 spiro atoms. The molecular formula is C11H6Cl2O4. The van der Waals surface area contributed by atoms with E-state index in [-0.39, 0.29) is 11.7 Å². The van der Waals surface area contributed by atoms with Crippen molar-refractivity contribution in [3.63, 3.8) is 0 Å². The Labute approximate surface area is 106 Å². The number of carbonyl (C=O) groups is 1. The molecule has 0 aliphatic carbocycles. The summed E-state index contributed by atoms with van der Waals surface area (Å²) in [6, 6.07) is 7.37. The highest BCUT2D eigenvalue weighted by Gasteiger charge is 2.11. The molecule has 1 heterocycles. The van der Waals surface area contributed by atoms with Gasteiger partial charge < -0.3 is 14.3 Å². The lowest BCUT2D eigenvalue weighted by molar-refractivity contribution is 0.0657. The van der Waals surface area contributed by atoms with Crippen LogP contribution in [0.2, 0.25) is 10.0 Å². The molecule has 88 valence electrons. The van der Waals surface area contributed by atoms with E-state index in [1.165, 1.54) is 18.2 Å². The van der Waals surface area contributed by atoms with E-state index in [9.17, 15) is 4.79 Å². The number of hydrogen-bond donors (Lipinski definition) is 1. The zero-order valence-corrected chi connectivity index (χ0v) is 9.83. The molecule has 0 radical (unpaired) electrons. The molecule has 1 N–H and O–H groups in total. The van der Waals surface area contributed by atoms with Crippen LogP contribution in [0.15, 0.2) is 34.7 Å². The second kappa shape index (κ2) is 4.69. The fourth-order valence-electron chi connectivity index (χ4n) is 1.16. The molecule has 1 aromatic heterocycles. The predicted molar refractivity (Wildman–Crippen MR) is 62.2 cm³/mol. The standard InChI is InChI=1S/C11H6Cl2O4/c12-6-1-2-8(7(13)5-6)16-10-4-3-9(17-10)11(14)15/h1-5H,(H,14,15). The van der Waals surface area contributed by atoms with Crippen molar-refractivity contribution in [2.45, 2.75) is 0 Å². The van der Waals surface area contributed by atoms with E-state index < -0.39 is 5.97 Å². The van der Waals surface area contributed by atoms with Gasteiger partial charge in [-0.25, -0.2) is 4.79 Å². The summed E-state index contributed by atoms with van der Waals surface area (Å²) in [5.74, 6) is -0.985. The van der Waals surface area contributed by atoms with Crippen molar-refractivity contribution in [2.24, 2.45) is 0 Å². The topological polar surface area (TPSA) is 59.7 Å². The van der Waals surface area contributed by atoms with Gasteiger partial charge in [0, 0.05) is 11.1 Å². The normalized spacial score (nSPS) is 10.2. The molecular weight excluding hydrogens is 267 g/mol. The molecule has 0 bridgehead atoms. The van der Waals surface area contributed by atoms with E-state index in [0.717, 1.165) is 0 Å². The summed E-state index contributed by atoms with van der Waals surface area (Å²) in [6.45, 7) is 0. The first kappa shape index (κ1) is 11.8. The maximum atomic E-state index is 10.6. The number of halogens is 2. The average Bonchev–Trinajstić information content (AvgIpc) is 2.71. The Morgan fingerprint density at radius 3 is 2.59 bits per heavy atom. The molecule has 4 nitrogen and oxygen atoms in total. The third-order valence-electron chi connectivity index (χ3n) is 1.90. The van der Waals surface area contributed by atoms with Crippen LogP contribution in [0.25, 0.3) is 0 Å². The molecule has 2 rings (SSSR count). The van der Waals surface area contributed by atoms with Crippen molar-refractivity contribution in [1.82, 2.24) is 0 Å². The number of benzene rings is 1. The van der Waals surface area contributed by atoms with Gasteiger partial charge in [0.15, 0.2) is 0 Å². The summed E-state index contributed by atoms with van der Waals surface area (Å²) in [7, 11) is 0. The van der Waals surface area contributed by atoms with E-state index in [2.05, 4.69) is 0 Å². The van der Waals surface area contributed by atoms with Gasteiger partial charge in [0.25, 0.3) is 5.95 Å². The molecule has 2 aromatic rings. The first-order chi connectivity index (χ1) is 8.06. The summed E-state index contributed by atoms with van der Waals surface area (Å²) in [4.78, 5) is 10.6. The highest BCUT2D eigenvalue weighted by Crippen LogP contribution is 2.32. The van der Waals surface area contributed by atoms with Crippen LogP contribution < -0.4 is 4.74 Å². The molecule has 0 saturated carbocycles. The molecule has 0 aliphatic rings. The second-order valence-corrected chi connectivity index (χ2v) is 3.94. The zero-order valence-electron chi connectivity index (χ0n) is 8.31. The minimum atomic E-state index is -1.16. The summed E-state index contributed by atoms with van der Waals surface area (Å²) >= 11 is 11.6. The number of aromatic carboxylic acids is 1. The quantitative estimate of drug-likeness (QED) is 0.915. The van der Waals surface area contributed by atoms with Gasteiger partial charge in [-0.3, -0.25) is 0 Å². The van der Waals surface area contributed by atoms with Crippen LogP contribution in [-0.4, -0.2) is 11.1 Å². The third-order valence-corrected chi connectivity index (χ3v) is 2.43. The first-order valence-electron chi connectivity index (χ1n) is 4.52. The van der Waals surface area contributed by atoms with Crippen LogP contribution in [0, 0.1) is 0 Å². The van der Waals surface area contributed by atoms with Gasteiger partial charge >= 0.3 is 5.97 Å². The third kappa shape index (κ3) is 2.72. The molecule has 0 fully saturated rings. The van der Waals surface area contributed by atoms with Crippen LogP contribution in [0.4, 0.5) is 0 Å². The van der Waals surface area contributed by atoms with E-state index in [1.54, 1.807) is 12.1 Å². The minimum absolute atomic E-state index is 0.0478. The van der Waals surface area contributed by atoms with Crippen molar-refractivity contribution >= 4 is 29.2 Å². The number of hydrogen-bond acceptors (Lipinski definition) is 3. The lowest BCUT2D eigenvalue weighted by Gasteiger charge is -2.04. The molecule has 17 heavy (non-hydrogen) atoms. The van der Waals surface area contributed by atoms with Crippen LogP contribution in [-0.2, 0) is 0 Å². The zero-order chi connectivity index (χ0) is 12.4. The molecule has 0 aliphatic heterocycles. The highest BCUT2D eigenvalue weighted by atomic mass is 35.5. The largest absolute Gasteiger partial charge is 0.475 e. The van der Waals surface area contributed by atoms with Crippen molar-refractivity contribution in [1.29, 1.82) is 0 Å². The van der Waals surface area contributed by atoms with Crippen LogP contribution in [0.5, 0.6) is 11.7 Å². The van der Waals surface area contributed by atoms with E-state index in [0.29, 0.717) is 15.8 Å². The summed E-state index contributed by atoms with van der Waals surface area (Å²) < 4.78 is 10.2.